The maximum atomic E-state index is 15.3. The van der Waals surface area contributed by atoms with Crippen LogP contribution in [-0.2, 0) is 0 Å². The summed E-state index contributed by atoms with van der Waals surface area (Å²) in [5.41, 5.74) is 3.12. The highest BCUT2D eigenvalue weighted by Gasteiger charge is 2.31. The fourth-order valence-electron chi connectivity index (χ4n) is 6.62. The van der Waals surface area contributed by atoms with Crippen molar-refractivity contribution in [3.05, 3.63) is 103 Å². The highest BCUT2D eigenvalue weighted by atomic mass is 19.2. The molecular weight excluding hydrogens is 493 g/mol. The predicted octanol–water partition coefficient (Wildman–Crippen LogP) is 10.6. The fraction of sp³-hybridized carbons (Fsp3) is 0.371. The van der Waals surface area contributed by atoms with Crippen LogP contribution in [0.15, 0.2) is 79.6 Å². The number of ether oxygens (including phenoxy) is 1. The van der Waals surface area contributed by atoms with Crippen molar-refractivity contribution in [3.8, 4) is 28.0 Å². The first kappa shape index (κ1) is 27.3. The quantitative estimate of drug-likeness (QED) is 0.218. The van der Waals surface area contributed by atoms with Crippen LogP contribution in [0.1, 0.15) is 69.8 Å². The first-order valence-corrected chi connectivity index (χ1v) is 14.3. The summed E-state index contributed by atoms with van der Waals surface area (Å²) in [6.45, 7) is 5.69. The summed E-state index contributed by atoms with van der Waals surface area (Å²) in [7, 11) is 0. The number of hydrogen-bond donors (Lipinski definition) is 0. The summed E-state index contributed by atoms with van der Waals surface area (Å²) in [5.74, 6) is 0.276. The molecule has 0 amide bonds. The molecule has 0 saturated heterocycles. The van der Waals surface area contributed by atoms with E-state index in [2.05, 4.69) is 12.7 Å². The van der Waals surface area contributed by atoms with Gasteiger partial charge in [-0.3, -0.25) is 0 Å². The third-order valence-electron chi connectivity index (χ3n) is 8.94. The molecule has 3 aromatic carbocycles. The lowest BCUT2D eigenvalue weighted by Crippen LogP contribution is -2.25. The van der Waals surface area contributed by atoms with Crippen LogP contribution in [-0.4, -0.2) is 0 Å². The van der Waals surface area contributed by atoms with Crippen LogP contribution in [0.4, 0.5) is 13.2 Å². The molecule has 0 bridgehead atoms. The lowest BCUT2D eigenvalue weighted by Gasteiger charge is -2.37. The van der Waals surface area contributed by atoms with Gasteiger partial charge in [0.15, 0.2) is 11.6 Å². The summed E-state index contributed by atoms with van der Waals surface area (Å²) in [6, 6.07) is 15.5. The van der Waals surface area contributed by atoms with Gasteiger partial charge in [0.1, 0.15) is 5.82 Å². The van der Waals surface area contributed by atoms with Gasteiger partial charge in [-0.15, -0.1) is 6.58 Å². The molecular formula is C35H37F3O. The highest BCUT2D eigenvalue weighted by molar-refractivity contribution is 5.71. The highest BCUT2D eigenvalue weighted by Crippen LogP contribution is 2.44. The van der Waals surface area contributed by atoms with Gasteiger partial charge < -0.3 is 4.74 Å². The molecule has 204 valence electrons. The Morgan fingerprint density at radius 3 is 1.95 bits per heavy atom. The molecule has 0 atom stereocenters. The maximum absolute atomic E-state index is 15.3. The Balaban J connectivity index is 1.24. The van der Waals surface area contributed by atoms with Crippen molar-refractivity contribution >= 4 is 0 Å². The average Bonchev–Trinajstić information content (AvgIpc) is 2.98. The Bertz CT molecular complexity index is 1310. The second-order valence-corrected chi connectivity index (χ2v) is 11.2. The zero-order valence-corrected chi connectivity index (χ0v) is 22.6. The molecule has 2 fully saturated rings. The summed E-state index contributed by atoms with van der Waals surface area (Å²) in [5, 5.41) is 0. The van der Waals surface area contributed by atoms with E-state index in [1.54, 1.807) is 31.2 Å². The minimum atomic E-state index is -1.03. The zero-order valence-electron chi connectivity index (χ0n) is 22.6. The second-order valence-electron chi connectivity index (χ2n) is 11.2. The van der Waals surface area contributed by atoms with Gasteiger partial charge in [-0.2, -0.15) is 4.39 Å². The van der Waals surface area contributed by atoms with Crippen LogP contribution in [0.25, 0.3) is 22.3 Å². The van der Waals surface area contributed by atoms with Gasteiger partial charge in [-0.1, -0.05) is 48.6 Å². The van der Waals surface area contributed by atoms with E-state index < -0.39 is 11.6 Å². The zero-order chi connectivity index (χ0) is 27.4. The predicted molar refractivity (Wildman–Crippen MR) is 153 cm³/mol. The van der Waals surface area contributed by atoms with E-state index in [1.807, 2.05) is 24.3 Å². The molecule has 3 aromatic rings. The largest absolute Gasteiger partial charge is 0.462 e. The van der Waals surface area contributed by atoms with E-state index in [0.29, 0.717) is 11.5 Å². The smallest absolute Gasteiger partial charge is 0.201 e. The lowest BCUT2D eigenvalue weighted by atomic mass is 9.68. The maximum Gasteiger partial charge on any atom is 0.201 e. The van der Waals surface area contributed by atoms with Crippen molar-refractivity contribution in [2.75, 3.05) is 0 Å². The van der Waals surface area contributed by atoms with Gasteiger partial charge in [-0.05, 0) is 122 Å². The molecule has 39 heavy (non-hydrogen) atoms. The summed E-state index contributed by atoms with van der Waals surface area (Å²) in [4.78, 5) is 0. The molecule has 0 aromatic heterocycles. The lowest BCUT2D eigenvalue weighted by molar-refractivity contribution is 0.171. The minimum absolute atomic E-state index is 0.151. The first-order valence-electron chi connectivity index (χ1n) is 14.3. The van der Waals surface area contributed by atoms with Crippen molar-refractivity contribution < 1.29 is 17.9 Å². The van der Waals surface area contributed by atoms with Crippen LogP contribution >= 0.6 is 0 Å². The molecule has 0 radical (unpaired) electrons. The van der Waals surface area contributed by atoms with E-state index >= 15 is 4.39 Å². The monoisotopic (exact) mass is 530 g/mol. The van der Waals surface area contributed by atoms with Crippen molar-refractivity contribution in [2.45, 2.75) is 64.2 Å². The molecule has 2 aliphatic rings. The standard InChI is InChI=1S/C35H37F3O/c1-3-21-39-33-20-19-31(34(37)35(33)38)28-15-11-26(12-16-28)29-17-18-30(32(36)22-29)27-13-9-25(10-14-27)24-7-5-23(4-2)6-8-24/h3-4,11-12,15-25,27H,2,5-10,13-14H2,1H3/b21-3-. The Morgan fingerprint density at radius 1 is 0.718 bits per heavy atom. The van der Waals surface area contributed by atoms with E-state index in [0.717, 1.165) is 41.4 Å². The van der Waals surface area contributed by atoms with E-state index in [4.69, 9.17) is 4.74 Å². The van der Waals surface area contributed by atoms with Crippen molar-refractivity contribution in [2.24, 2.45) is 17.8 Å². The Labute approximate surface area is 230 Å². The van der Waals surface area contributed by atoms with Crippen LogP contribution in [0.5, 0.6) is 5.75 Å². The molecule has 4 heteroatoms. The Hall–Kier alpha value is -3.27. The SMILES string of the molecule is C=CC1CCC(C2CCC(c3ccc(-c4ccc(-c5ccc(O/C=C\C)c(F)c5F)cc4)cc3F)CC2)CC1. The normalized spacial score (nSPS) is 23.6. The third kappa shape index (κ3) is 6.00. The number of benzene rings is 3. The molecule has 1 nitrogen and oxygen atoms in total. The van der Waals surface area contributed by atoms with Gasteiger partial charge in [-0.25, -0.2) is 8.78 Å². The minimum Gasteiger partial charge on any atom is -0.462 e. The Kier molecular flexibility index (Phi) is 8.60. The van der Waals surface area contributed by atoms with Gasteiger partial charge in [0.2, 0.25) is 5.82 Å². The van der Waals surface area contributed by atoms with Crippen LogP contribution in [0, 0.1) is 35.2 Å². The molecule has 2 aliphatic carbocycles. The van der Waals surface area contributed by atoms with Crippen LogP contribution < -0.4 is 4.74 Å². The van der Waals surface area contributed by atoms with E-state index in [-0.39, 0.29) is 23.0 Å². The summed E-state index contributed by atoms with van der Waals surface area (Å²) in [6.07, 6.45) is 14.7. The molecule has 2 saturated carbocycles. The van der Waals surface area contributed by atoms with E-state index in [9.17, 15) is 8.78 Å². The Morgan fingerprint density at radius 2 is 1.33 bits per heavy atom. The van der Waals surface area contributed by atoms with Crippen LogP contribution in [0.2, 0.25) is 0 Å². The molecule has 5 rings (SSSR count). The third-order valence-corrected chi connectivity index (χ3v) is 8.94. The number of hydrogen-bond acceptors (Lipinski definition) is 1. The van der Waals surface area contributed by atoms with Crippen LogP contribution in [0.3, 0.4) is 0 Å². The number of rotatable bonds is 7. The number of allylic oxidation sites excluding steroid dienone is 2. The molecule has 0 aliphatic heterocycles. The fourth-order valence-corrected chi connectivity index (χ4v) is 6.62. The van der Waals surface area contributed by atoms with Gasteiger partial charge in [0.25, 0.3) is 0 Å². The molecule has 0 unspecified atom stereocenters. The average molecular weight is 531 g/mol. The van der Waals surface area contributed by atoms with Crippen molar-refractivity contribution in [1.82, 2.24) is 0 Å². The second kappa shape index (κ2) is 12.3. The molecule has 0 spiro atoms. The first-order chi connectivity index (χ1) is 19.0. The summed E-state index contributed by atoms with van der Waals surface area (Å²) >= 11 is 0. The topological polar surface area (TPSA) is 9.23 Å². The van der Waals surface area contributed by atoms with Gasteiger partial charge in [0.05, 0.1) is 6.26 Å². The van der Waals surface area contributed by atoms with Crippen molar-refractivity contribution in [1.29, 1.82) is 0 Å². The van der Waals surface area contributed by atoms with Gasteiger partial charge >= 0.3 is 0 Å². The van der Waals surface area contributed by atoms with Gasteiger partial charge in [0, 0.05) is 5.56 Å². The molecule has 0 N–H and O–H groups in total. The van der Waals surface area contributed by atoms with E-state index in [1.165, 1.54) is 56.9 Å². The summed E-state index contributed by atoms with van der Waals surface area (Å²) < 4.78 is 49.5. The number of halogens is 3. The molecule has 0 heterocycles. The van der Waals surface area contributed by atoms with Crippen molar-refractivity contribution in [3.63, 3.8) is 0 Å².